The summed E-state index contributed by atoms with van der Waals surface area (Å²) in [6.45, 7) is 4.81. The number of fused-ring (bicyclic) bond motifs is 1. The summed E-state index contributed by atoms with van der Waals surface area (Å²) in [5.41, 5.74) is 1.93. The molecule has 3 aliphatic rings. The molecule has 8 nitrogen and oxygen atoms in total. The second-order valence-corrected chi connectivity index (χ2v) is 11.0. The Kier molecular flexibility index (Phi) is 6.64. The lowest BCUT2D eigenvalue weighted by molar-refractivity contribution is 0.202. The number of anilines is 2. The third-order valence-electron chi connectivity index (χ3n) is 6.37. The van der Waals surface area contributed by atoms with Crippen molar-refractivity contribution in [3.8, 4) is 0 Å². The zero-order chi connectivity index (χ0) is 22.0. The fourth-order valence-electron chi connectivity index (χ4n) is 4.59. The second kappa shape index (κ2) is 9.26. The van der Waals surface area contributed by atoms with Crippen molar-refractivity contribution >= 4 is 27.9 Å². The zero-order valence-corrected chi connectivity index (χ0v) is 19.2. The molecule has 1 aromatic rings. The van der Waals surface area contributed by atoms with Crippen molar-refractivity contribution in [1.82, 2.24) is 14.3 Å². The molecule has 31 heavy (non-hydrogen) atoms. The highest BCUT2D eigenvalue weighted by molar-refractivity contribution is 7.89. The highest BCUT2D eigenvalue weighted by atomic mass is 32.2. The summed E-state index contributed by atoms with van der Waals surface area (Å²) in [5.74, 6) is 1.38. The predicted molar refractivity (Wildman–Crippen MR) is 123 cm³/mol. The van der Waals surface area contributed by atoms with Gasteiger partial charge in [0.15, 0.2) is 0 Å². The molecule has 4 rings (SSSR count). The van der Waals surface area contributed by atoms with E-state index in [-0.39, 0.29) is 11.8 Å². The van der Waals surface area contributed by atoms with Crippen LogP contribution in [0.5, 0.6) is 0 Å². The summed E-state index contributed by atoms with van der Waals surface area (Å²) >= 11 is 0. The molecule has 3 heterocycles. The summed E-state index contributed by atoms with van der Waals surface area (Å²) in [6, 6.07) is 0.424. The number of hydrogen-bond donors (Lipinski definition) is 2. The zero-order valence-electron chi connectivity index (χ0n) is 18.4. The smallest absolute Gasteiger partial charge is 0.224 e. The fraction of sp³-hybridized carbons (Fsp3) is 0.636. The summed E-state index contributed by atoms with van der Waals surface area (Å²) in [6.07, 6.45) is 12.5. The number of hydrogen-bond acceptors (Lipinski definition) is 7. The first-order chi connectivity index (χ1) is 14.8. The molecular weight excluding hydrogens is 414 g/mol. The van der Waals surface area contributed by atoms with Crippen LogP contribution in [0.3, 0.4) is 0 Å². The van der Waals surface area contributed by atoms with Crippen LogP contribution < -0.4 is 10.2 Å². The number of sulfonamides is 1. The van der Waals surface area contributed by atoms with Gasteiger partial charge < -0.3 is 15.3 Å². The van der Waals surface area contributed by atoms with E-state index in [1.165, 1.54) is 12.8 Å². The van der Waals surface area contributed by atoms with Crippen LogP contribution in [0.15, 0.2) is 23.9 Å². The lowest BCUT2D eigenvalue weighted by Crippen LogP contribution is -2.44. The Balaban J connectivity index is 1.41. The van der Waals surface area contributed by atoms with Gasteiger partial charge in [0.25, 0.3) is 0 Å². The van der Waals surface area contributed by atoms with Crippen molar-refractivity contribution in [3.05, 3.63) is 29.5 Å². The van der Waals surface area contributed by atoms with E-state index in [4.69, 9.17) is 4.98 Å². The van der Waals surface area contributed by atoms with E-state index in [2.05, 4.69) is 10.3 Å². The molecule has 1 atom stereocenters. The summed E-state index contributed by atoms with van der Waals surface area (Å²) in [4.78, 5) is 11.2. The van der Waals surface area contributed by atoms with Crippen LogP contribution in [0, 0.1) is 0 Å². The van der Waals surface area contributed by atoms with Gasteiger partial charge in [-0.1, -0.05) is 24.5 Å². The molecule has 0 radical (unpaired) electrons. The Morgan fingerprint density at radius 2 is 1.94 bits per heavy atom. The summed E-state index contributed by atoms with van der Waals surface area (Å²) in [7, 11) is -3.25. The lowest BCUT2D eigenvalue weighted by atomic mass is 10.1. The van der Waals surface area contributed by atoms with Gasteiger partial charge in [-0.3, -0.25) is 0 Å². The number of rotatable bonds is 6. The Hall–Kier alpha value is -1.97. The quantitative estimate of drug-likeness (QED) is 0.647. The molecule has 0 spiro atoms. The van der Waals surface area contributed by atoms with E-state index in [0.717, 1.165) is 29.8 Å². The van der Waals surface area contributed by atoms with Crippen molar-refractivity contribution in [2.75, 3.05) is 29.1 Å². The number of aromatic nitrogens is 2. The number of aliphatic hydroxyl groups excluding tert-OH is 1. The van der Waals surface area contributed by atoms with Crippen molar-refractivity contribution in [3.63, 3.8) is 0 Å². The lowest BCUT2D eigenvalue weighted by Gasteiger charge is -2.36. The fourth-order valence-corrected chi connectivity index (χ4v) is 6.12. The van der Waals surface area contributed by atoms with Crippen LogP contribution in [-0.4, -0.2) is 65.0 Å². The minimum Gasteiger partial charge on any atom is -0.370 e. The van der Waals surface area contributed by atoms with Gasteiger partial charge in [0.1, 0.15) is 12.0 Å². The number of aliphatic hydroxyl groups is 1. The van der Waals surface area contributed by atoms with E-state index in [1.54, 1.807) is 22.7 Å². The molecule has 9 heteroatoms. The molecule has 0 bridgehead atoms. The average Bonchev–Trinajstić information content (AvgIpc) is 3.27. The third kappa shape index (κ3) is 5.10. The van der Waals surface area contributed by atoms with E-state index < -0.39 is 16.3 Å². The number of nitrogens with zero attached hydrogens (tertiary/aromatic N) is 4. The van der Waals surface area contributed by atoms with Gasteiger partial charge in [0.2, 0.25) is 16.0 Å². The first-order valence-electron chi connectivity index (χ1n) is 11.2. The maximum atomic E-state index is 12.5. The Labute approximate surface area is 185 Å². The van der Waals surface area contributed by atoms with E-state index in [0.29, 0.717) is 37.9 Å². The SMILES string of the molecule is CC(C)=CCS(=O)(=O)N1CCC(Nc2ncc3c(n2)N(C2CCCC2)C(O)C=C3)CC1. The number of allylic oxidation sites excluding steroid dienone is 1. The molecule has 1 aliphatic carbocycles. The maximum Gasteiger partial charge on any atom is 0.224 e. The first-order valence-corrected chi connectivity index (χ1v) is 12.8. The molecular formula is C22H33N5O3S. The monoisotopic (exact) mass is 447 g/mol. The molecule has 1 saturated carbocycles. The molecule has 0 aromatic carbocycles. The van der Waals surface area contributed by atoms with Crippen LogP contribution >= 0.6 is 0 Å². The molecule has 170 valence electrons. The van der Waals surface area contributed by atoms with Gasteiger partial charge in [-0.15, -0.1) is 0 Å². The van der Waals surface area contributed by atoms with E-state index in [9.17, 15) is 13.5 Å². The minimum absolute atomic E-state index is 0.0637. The number of nitrogens with one attached hydrogen (secondary N) is 1. The standard InChI is InChI=1S/C22H33N5O3S/c1-16(2)11-14-31(29,30)26-12-9-18(10-13-26)24-22-23-15-17-7-8-20(28)27(21(17)25-22)19-5-3-4-6-19/h7-8,11,15,18-20,28H,3-6,9-10,12-14H2,1-2H3,(H,23,24,25). The Morgan fingerprint density at radius 1 is 1.23 bits per heavy atom. The van der Waals surface area contributed by atoms with Crippen molar-refractivity contribution in [2.45, 2.75) is 70.7 Å². The molecule has 0 amide bonds. The van der Waals surface area contributed by atoms with Gasteiger partial charge in [-0.05, 0) is 51.7 Å². The minimum atomic E-state index is -3.25. The molecule has 1 aromatic heterocycles. The molecule has 1 unspecified atom stereocenters. The Morgan fingerprint density at radius 3 is 2.61 bits per heavy atom. The van der Waals surface area contributed by atoms with Gasteiger partial charge in [0, 0.05) is 36.9 Å². The van der Waals surface area contributed by atoms with E-state index in [1.807, 2.05) is 24.8 Å². The van der Waals surface area contributed by atoms with Crippen LogP contribution in [0.1, 0.15) is 57.9 Å². The second-order valence-electron chi connectivity index (χ2n) is 8.97. The summed E-state index contributed by atoms with van der Waals surface area (Å²) < 4.78 is 26.6. The largest absolute Gasteiger partial charge is 0.370 e. The topological polar surface area (TPSA) is 98.7 Å². The van der Waals surface area contributed by atoms with Crippen molar-refractivity contribution in [1.29, 1.82) is 0 Å². The number of piperidine rings is 1. The highest BCUT2D eigenvalue weighted by Gasteiger charge is 2.32. The first kappa shape index (κ1) is 22.2. The van der Waals surface area contributed by atoms with Crippen molar-refractivity contribution in [2.24, 2.45) is 0 Å². The van der Waals surface area contributed by atoms with Gasteiger partial charge >= 0.3 is 0 Å². The van der Waals surface area contributed by atoms with Crippen LogP contribution in [-0.2, 0) is 10.0 Å². The molecule has 1 saturated heterocycles. The van der Waals surface area contributed by atoms with Gasteiger partial charge in [0.05, 0.1) is 5.75 Å². The maximum absolute atomic E-state index is 12.5. The predicted octanol–water partition coefficient (Wildman–Crippen LogP) is 2.74. The van der Waals surface area contributed by atoms with Gasteiger partial charge in [-0.25, -0.2) is 17.7 Å². The van der Waals surface area contributed by atoms with Crippen molar-refractivity contribution < 1.29 is 13.5 Å². The van der Waals surface area contributed by atoms with E-state index >= 15 is 0 Å². The molecule has 2 fully saturated rings. The Bertz CT molecular complexity index is 944. The highest BCUT2D eigenvalue weighted by Crippen LogP contribution is 2.34. The third-order valence-corrected chi connectivity index (χ3v) is 8.11. The van der Waals surface area contributed by atoms with Crippen LogP contribution in [0.2, 0.25) is 0 Å². The van der Waals surface area contributed by atoms with Crippen LogP contribution in [0.4, 0.5) is 11.8 Å². The average molecular weight is 448 g/mol. The molecule has 2 aliphatic heterocycles. The summed E-state index contributed by atoms with van der Waals surface area (Å²) in [5, 5.41) is 14.0. The van der Waals surface area contributed by atoms with Crippen LogP contribution in [0.25, 0.3) is 6.08 Å². The normalized spacial score (nSPS) is 23.1. The molecule has 2 N–H and O–H groups in total. The van der Waals surface area contributed by atoms with Gasteiger partial charge in [-0.2, -0.15) is 4.98 Å².